The SMILES string of the molecule is O=c1c2ccccc2nc2nc(Nc3ccccn3)c3ccccc3n12. The molecule has 0 radical (unpaired) electrons. The van der Waals surface area contributed by atoms with Crippen LogP contribution < -0.4 is 10.9 Å². The molecule has 5 rings (SSSR count). The van der Waals surface area contributed by atoms with Gasteiger partial charge in [-0.15, -0.1) is 0 Å². The van der Waals surface area contributed by atoms with Crippen molar-refractivity contribution in [2.24, 2.45) is 0 Å². The second-order valence-electron chi connectivity index (χ2n) is 5.89. The monoisotopic (exact) mass is 339 g/mol. The summed E-state index contributed by atoms with van der Waals surface area (Å²) in [6, 6.07) is 20.5. The molecule has 1 N–H and O–H groups in total. The van der Waals surface area contributed by atoms with E-state index in [-0.39, 0.29) is 5.56 Å². The van der Waals surface area contributed by atoms with Gasteiger partial charge in [0.15, 0.2) is 0 Å². The van der Waals surface area contributed by atoms with Gasteiger partial charge in [0.25, 0.3) is 5.56 Å². The molecule has 0 fully saturated rings. The van der Waals surface area contributed by atoms with E-state index in [1.54, 1.807) is 16.7 Å². The number of fused-ring (bicyclic) bond motifs is 4. The summed E-state index contributed by atoms with van der Waals surface area (Å²) >= 11 is 0. The molecule has 0 aliphatic heterocycles. The quantitative estimate of drug-likeness (QED) is 0.393. The molecule has 6 nitrogen and oxygen atoms in total. The Hall–Kier alpha value is -3.80. The van der Waals surface area contributed by atoms with Crippen molar-refractivity contribution >= 4 is 39.2 Å². The molecule has 3 heterocycles. The minimum absolute atomic E-state index is 0.126. The summed E-state index contributed by atoms with van der Waals surface area (Å²) in [5.74, 6) is 1.64. The first-order valence-corrected chi connectivity index (χ1v) is 8.19. The van der Waals surface area contributed by atoms with Crippen LogP contribution in [0.25, 0.3) is 27.6 Å². The average Bonchev–Trinajstić information content (AvgIpc) is 2.69. The zero-order valence-electron chi connectivity index (χ0n) is 13.6. The number of hydrogen-bond acceptors (Lipinski definition) is 5. The summed E-state index contributed by atoms with van der Waals surface area (Å²) in [6.45, 7) is 0. The molecule has 0 spiro atoms. The summed E-state index contributed by atoms with van der Waals surface area (Å²) in [6.07, 6.45) is 1.71. The molecule has 26 heavy (non-hydrogen) atoms. The summed E-state index contributed by atoms with van der Waals surface area (Å²) < 4.78 is 1.56. The fraction of sp³-hybridized carbons (Fsp3) is 0. The van der Waals surface area contributed by atoms with Gasteiger partial charge in [-0.25, -0.2) is 14.4 Å². The minimum Gasteiger partial charge on any atom is -0.324 e. The number of anilines is 2. The fourth-order valence-corrected chi connectivity index (χ4v) is 3.10. The molecule has 0 saturated carbocycles. The first-order valence-electron chi connectivity index (χ1n) is 8.19. The van der Waals surface area contributed by atoms with Gasteiger partial charge in [-0.1, -0.05) is 30.3 Å². The second kappa shape index (κ2) is 5.63. The summed E-state index contributed by atoms with van der Waals surface area (Å²) in [4.78, 5) is 26.5. The molecule has 2 aromatic carbocycles. The van der Waals surface area contributed by atoms with Crippen LogP contribution in [0.3, 0.4) is 0 Å². The molecule has 0 amide bonds. The molecular weight excluding hydrogens is 326 g/mol. The maximum absolute atomic E-state index is 13.0. The number of hydrogen-bond donors (Lipinski definition) is 1. The van der Waals surface area contributed by atoms with Crippen LogP contribution in [0, 0.1) is 0 Å². The lowest BCUT2D eigenvalue weighted by Crippen LogP contribution is -2.18. The van der Waals surface area contributed by atoms with Gasteiger partial charge in [-0.3, -0.25) is 4.79 Å². The number of aromatic nitrogens is 4. The highest BCUT2D eigenvalue weighted by Gasteiger charge is 2.13. The van der Waals surface area contributed by atoms with E-state index in [0.29, 0.717) is 28.3 Å². The van der Waals surface area contributed by atoms with Gasteiger partial charge in [0.2, 0.25) is 5.78 Å². The van der Waals surface area contributed by atoms with Crippen molar-refractivity contribution in [3.8, 4) is 0 Å². The molecule has 3 aromatic heterocycles. The smallest absolute Gasteiger partial charge is 0.267 e. The maximum atomic E-state index is 13.0. The van der Waals surface area contributed by atoms with Crippen LogP contribution in [0.2, 0.25) is 0 Å². The molecule has 0 aliphatic carbocycles. The molecule has 124 valence electrons. The van der Waals surface area contributed by atoms with Gasteiger partial charge in [0.05, 0.1) is 16.4 Å². The van der Waals surface area contributed by atoms with E-state index in [0.717, 1.165) is 10.9 Å². The van der Waals surface area contributed by atoms with E-state index in [2.05, 4.69) is 20.3 Å². The minimum atomic E-state index is -0.126. The second-order valence-corrected chi connectivity index (χ2v) is 5.89. The first kappa shape index (κ1) is 14.5. The Labute approximate surface area is 147 Å². The number of para-hydroxylation sites is 2. The summed E-state index contributed by atoms with van der Waals surface area (Å²) in [5, 5.41) is 4.62. The molecule has 0 atom stereocenters. The van der Waals surface area contributed by atoms with Crippen molar-refractivity contribution in [3.05, 3.63) is 83.3 Å². The van der Waals surface area contributed by atoms with E-state index in [4.69, 9.17) is 0 Å². The Morgan fingerprint density at radius 3 is 2.42 bits per heavy atom. The highest BCUT2D eigenvalue weighted by atomic mass is 16.1. The Kier molecular flexibility index (Phi) is 3.15. The molecule has 0 aliphatic rings. The van der Waals surface area contributed by atoms with Gasteiger partial charge >= 0.3 is 0 Å². The van der Waals surface area contributed by atoms with Crippen molar-refractivity contribution in [2.45, 2.75) is 0 Å². The zero-order chi connectivity index (χ0) is 17.5. The molecular formula is C20H13N5O. The van der Waals surface area contributed by atoms with Gasteiger partial charge in [-0.05, 0) is 36.4 Å². The number of pyridine rings is 1. The van der Waals surface area contributed by atoms with Crippen LogP contribution in [0.1, 0.15) is 0 Å². The Bertz CT molecular complexity index is 1330. The molecule has 5 aromatic rings. The number of nitrogens with one attached hydrogen (secondary N) is 1. The number of nitrogens with zero attached hydrogens (tertiary/aromatic N) is 4. The molecule has 0 saturated heterocycles. The molecule has 6 heteroatoms. The van der Waals surface area contributed by atoms with Crippen LogP contribution in [0.15, 0.2) is 77.7 Å². The van der Waals surface area contributed by atoms with Crippen LogP contribution in [-0.2, 0) is 0 Å². The van der Waals surface area contributed by atoms with Crippen LogP contribution in [0.5, 0.6) is 0 Å². The van der Waals surface area contributed by atoms with Gasteiger partial charge in [0, 0.05) is 11.6 Å². The normalized spacial score (nSPS) is 11.2. The first-order chi connectivity index (χ1) is 12.8. The van der Waals surface area contributed by atoms with E-state index in [1.165, 1.54) is 0 Å². The third kappa shape index (κ3) is 2.20. The van der Waals surface area contributed by atoms with Crippen LogP contribution in [-0.4, -0.2) is 19.4 Å². The van der Waals surface area contributed by atoms with Crippen LogP contribution >= 0.6 is 0 Å². The van der Waals surface area contributed by atoms with Crippen molar-refractivity contribution in [3.63, 3.8) is 0 Å². The van der Waals surface area contributed by atoms with Crippen LogP contribution in [0.4, 0.5) is 11.6 Å². The van der Waals surface area contributed by atoms with E-state index in [9.17, 15) is 4.79 Å². The standard InChI is InChI=1S/C20H13N5O/c26-19-13-7-1-3-9-15(13)22-20-24-18(23-17-11-5-6-12-21-17)14-8-2-4-10-16(14)25(19)20/h1-12H,(H,21,22,23,24). The lowest BCUT2D eigenvalue weighted by Gasteiger charge is -2.12. The van der Waals surface area contributed by atoms with Gasteiger partial charge in [0.1, 0.15) is 11.6 Å². The number of benzene rings is 2. The van der Waals surface area contributed by atoms with E-state index >= 15 is 0 Å². The predicted molar refractivity (Wildman–Crippen MR) is 102 cm³/mol. The Morgan fingerprint density at radius 1 is 0.808 bits per heavy atom. The Balaban J connectivity index is 1.89. The summed E-state index contributed by atoms with van der Waals surface area (Å²) in [7, 11) is 0. The Morgan fingerprint density at radius 2 is 1.58 bits per heavy atom. The lowest BCUT2D eigenvalue weighted by molar-refractivity contribution is 1.07. The van der Waals surface area contributed by atoms with E-state index < -0.39 is 0 Å². The lowest BCUT2D eigenvalue weighted by atomic mass is 10.2. The highest BCUT2D eigenvalue weighted by Crippen LogP contribution is 2.24. The zero-order valence-corrected chi connectivity index (χ0v) is 13.6. The van der Waals surface area contributed by atoms with Gasteiger partial charge in [-0.2, -0.15) is 4.98 Å². The molecule has 0 bridgehead atoms. The van der Waals surface area contributed by atoms with Gasteiger partial charge < -0.3 is 5.32 Å². The van der Waals surface area contributed by atoms with Crippen molar-refractivity contribution in [1.29, 1.82) is 0 Å². The number of rotatable bonds is 2. The van der Waals surface area contributed by atoms with E-state index in [1.807, 2.05) is 60.7 Å². The van der Waals surface area contributed by atoms with Crippen molar-refractivity contribution in [1.82, 2.24) is 19.4 Å². The van der Waals surface area contributed by atoms with Crippen molar-refractivity contribution in [2.75, 3.05) is 5.32 Å². The molecule has 0 unspecified atom stereocenters. The third-order valence-electron chi connectivity index (χ3n) is 4.28. The summed E-state index contributed by atoms with van der Waals surface area (Å²) in [5.41, 5.74) is 1.25. The fourth-order valence-electron chi connectivity index (χ4n) is 3.10. The average molecular weight is 339 g/mol. The topological polar surface area (TPSA) is 72.2 Å². The highest BCUT2D eigenvalue weighted by molar-refractivity contribution is 5.93. The van der Waals surface area contributed by atoms with Crippen molar-refractivity contribution < 1.29 is 0 Å². The third-order valence-corrected chi connectivity index (χ3v) is 4.28. The predicted octanol–water partition coefficient (Wildman–Crippen LogP) is 3.53. The largest absolute Gasteiger partial charge is 0.324 e. The maximum Gasteiger partial charge on any atom is 0.267 e.